The second kappa shape index (κ2) is 6.20. The second-order valence-electron chi connectivity index (χ2n) is 5.02. The predicted octanol–water partition coefficient (Wildman–Crippen LogP) is 3.63. The number of hydrogen-bond acceptors (Lipinski definition) is 4. The minimum Gasteiger partial charge on any atom is -0.378 e. The minimum absolute atomic E-state index is 0.847. The summed E-state index contributed by atoms with van der Waals surface area (Å²) in [5.74, 6) is 2.58. The number of morpholine rings is 1. The highest BCUT2D eigenvalue weighted by Crippen LogP contribution is 2.64. The van der Waals surface area contributed by atoms with Crippen LogP contribution in [-0.2, 0) is 4.74 Å². The highest BCUT2D eigenvalue weighted by atomic mass is 33.1. The van der Waals surface area contributed by atoms with Crippen molar-refractivity contribution in [3.05, 3.63) is 24.3 Å². The van der Waals surface area contributed by atoms with E-state index in [1.807, 2.05) is 0 Å². The first-order valence-corrected chi connectivity index (χ1v) is 11.0. The molecule has 1 aromatic rings. The van der Waals surface area contributed by atoms with Crippen molar-refractivity contribution in [2.24, 2.45) is 0 Å². The Labute approximate surface area is 126 Å². The number of thioether (sulfide) groups is 1. The van der Waals surface area contributed by atoms with Crippen molar-refractivity contribution in [2.45, 2.75) is 11.3 Å². The molecule has 0 N–H and O–H groups in total. The molecule has 0 saturated carbocycles. The summed E-state index contributed by atoms with van der Waals surface area (Å²) in [6.07, 6.45) is 1.31. The van der Waals surface area contributed by atoms with Gasteiger partial charge in [0.15, 0.2) is 0 Å². The first kappa shape index (κ1) is 14.0. The highest BCUT2D eigenvalue weighted by molar-refractivity contribution is 8.89. The van der Waals surface area contributed by atoms with Gasteiger partial charge in [0, 0.05) is 23.9 Å². The average molecular weight is 316 g/mol. The average Bonchev–Trinajstić information content (AvgIpc) is 2.49. The van der Waals surface area contributed by atoms with Crippen molar-refractivity contribution in [1.82, 2.24) is 0 Å². The molecular formula is C14H21NOS3. The Kier molecular flexibility index (Phi) is 4.57. The van der Waals surface area contributed by atoms with Gasteiger partial charge >= 0.3 is 0 Å². The summed E-state index contributed by atoms with van der Waals surface area (Å²) in [4.78, 5) is 3.86. The topological polar surface area (TPSA) is 12.5 Å². The molecular weight excluding hydrogens is 294 g/mol. The number of hydrogen-bond donors (Lipinski definition) is 1. The van der Waals surface area contributed by atoms with E-state index in [0.29, 0.717) is 0 Å². The van der Waals surface area contributed by atoms with Gasteiger partial charge in [-0.2, -0.15) is 20.8 Å². The molecule has 2 aliphatic rings. The Hall–Kier alpha value is 0.0300. The van der Waals surface area contributed by atoms with Crippen LogP contribution < -0.4 is 4.90 Å². The molecule has 0 bridgehead atoms. The summed E-state index contributed by atoms with van der Waals surface area (Å²) >= 11 is 7.09. The van der Waals surface area contributed by atoms with Crippen molar-refractivity contribution in [1.29, 1.82) is 0 Å². The van der Waals surface area contributed by atoms with Crippen LogP contribution in [0, 0.1) is 0 Å². The van der Waals surface area contributed by atoms with Gasteiger partial charge in [-0.1, -0.05) is 0 Å². The fraction of sp³-hybridized carbons (Fsp3) is 0.571. The molecule has 0 aromatic heterocycles. The van der Waals surface area contributed by atoms with Crippen molar-refractivity contribution in [2.75, 3.05) is 47.8 Å². The summed E-state index contributed by atoms with van der Waals surface area (Å²) in [6, 6.07) is 9.15. The van der Waals surface area contributed by atoms with Crippen LogP contribution in [0.1, 0.15) is 6.42 Å². The second-order valence-corrected chi connectivity index (χ2v) is 11.4. The zero-order valence-corrected chi connectivity index (χ0v) is 13.6. The maximum atomic E-state index is 5.40. The van der Waals surface area contributed by atoms with Gasteiger partial charge < -0.3 is 9.64 Å². The molecule has 2 aliphatic heterocycles. The van der Waals surface area contributed by atoms with E-state index in [1.165, 1.54) is 33.6 Å². The van der Waals surface area contributed by atoms with E-state index in [9.17, 15) is 0 Å². The van der Waals surface area contributed by atoms with Crippen LogP contribution in [-0.4, -0.2) is 42.9 Å². The number of anilines is 1. The van der Waals surface area contributed by atoms with Gasteiger partial charge in [0.05, 0.1) is 13.2 Å². The molecule has 19 heavy (non-hydrogen) atoms. The van der Waals surface area contributed by atoms with Gasteiger partial charge in [-0.25, -0.2) is 0 Å². The monoisotopic (exact) mass is 315 g/mol. The Bertz CT molecular complexity index is 411. The van der Waals surface area contributed by atoms with Crippen LogP contribution in [0.5, 0.6) is 0 Å². The molecule has 0 amide bonds. The standard InChI is InChI=1S/C14H21NOS3/c17-19(11-1-10-18-12-19)14-4-2-13(3-5-14)15-6-8-16-9-7-15/h2-5,17H,1,6-12H2. The number of ether oxygens (including phenoxy) is 1. The molecule has 1 unspecified atom stereocenters. The lowest BCUT2D eigenvalue weighted by molar-refractivity contribution is 0.122. The van der Waals surface area contributed by atoms with E-state index in [1.54, 1.807) is 0 Å². The maximum Gasteiger partial charge on any atom is 0.0642 e. The summed E-state index contributed by atoms with van der Waals surface area (Å²) in [7, 11) is -0.852. The van der Waals surface area contributed by atoms with Crippen LogP contribution in [0.3, 0.4) is 0 Å². The van der Waals surface area contributed by atoms with Gasteiger partial charge in [-0.3, -0.25) is 0 Å². The highest BCUT2D eigenvalue weighted by Gasteiger charge is 2.25. The van der Waals surface area contributed by atoms with Crippen LogP contribution in [0.2, 0.25) is 0 Å². The zero-order valence-electron chi connectivity index (χ0n) is 11.1. The molecule has 0 radical (unpaired) electrons. The fourth-order valence-electron chi connectivity index (χ4n) is 2.57. The number of thiol groups is 1. The molecule has 1 aromatic carbocycles. The number of rotatable bonds is 2. The molecule has 2 saturated heterocycles. The lowest BCUT2D eigenvalue weighted by Gasteiger charge is -2.38. The SMILES string of the molecule is SS1(c2ccc(N3CCOCC3)cc2)CCCSC1. The van der Waals surface area contributed by atoms with E-state index in [0.717, 1.165) is 26.3 Å². The van der Waals surface area contributed by atoms with E-state index in [-0.39, 0.29) is 0 Å². The molecule has 0 aliphatic carbocycles. The van der Waals surface area contributed by atoms with E-state index in [4.69, 9.17) is 16.4 Å². The Balaban J connectivity index is 1.74. The molecule has 5 heteroatoms. The largest absolute Gasteiger partial charge is 0.378 e. The first-order chi connectivity index (χ1) is 9.28. The molecule has 1 atom stereocenters. The van der Waals surface area contributed by atoms with Crippen molar-refractivity contribution < 1.29 is 4.74 Å². The van der Waals surface area contributed by atoms with Gasteiger partial charge in [0.1, 0.15) is 0 Å². The van der Waals surface area contributed by atoms with Crippen LogP contribution in [0.4, 0.5) is 5.69 Å². The van der Waals surface area contributed by atoms with Crippen LogP contribution in [0.15, 0.2) is 29.2 Å². The van der Waals surface area contributed by atoms with Gasteiger partial charge in [0.2, 0.25) is 0 Å². The zero-order chi connectivity index (χ0) is 13.1. The Morgan fingerprint density at radius 2 is 1.89 bits per heavy atom. The smallest absolute Gasteiger partial charge is 0.0642 e. The molecule has 0 spiro atoms. The molecule has 2 fully saturated rings. The van der Waals surface area contributed by atoms with E-state index < -0.39 is 9.06 Å². The predicted molar refractivity (Wildman–Crippen MR) is 91.1 cm³/mol. The third kappa shape index (κ3) is 3.20. The molecule has 2 nitrogen and oxygen atoms in total. The normalized spacial score (nSPS) is 31.7. The van der Waals surface area contributed by atoms with Crippen LogP contribution >= 0.6 is 32.5 Å². The fourth-order valence-corrected chi connectivity index (χ4v) is 8.62. The third-order valence-electron chi connectivity index (χ3n) is 3.70. The van der Waals surface area contributed by atoms with E-state index >= 15 is 0 Å². The molecule has 106 valence electrons. The van der Waals surface area contributed by atoms with Gasteiger partial charge in [0.25, 0.3) is 0 Å². The lowest BCUT2D eigenvalue weighted by atomic mass is 10.2. The van der Waals surface area contributed by atoms with Gasteiger partial charge in [-0.05, 0) is 47.1 Å². The molecule has 2 heterocycles. The summed E-state index contributed by atoms with van der Waals surface area (Å²) in [6.45, 7) is 3.71. The first-order valence-electron chi connectivity index (χ1n) is 6.80. The summed E-state index contributed by atoms with van der Waals surface area (Å²) in [5, 5.41) is 1.22. The Morgan fingerprint density at radius 3 is 2.53 bits per heavy atom. The number of nitrogens with zero attached hydrogens (tertiary/aromatic N) is 1. The maximum absolute atomic E-state index is 5.40. The van der Waals surface area contributed by atoms with E-state index in [2.05, 4.69) is 40.9 Å². The Morgan fingerprint density at radius 1 is 1.16 bits per heavy atom. The van der Waals surface area contributed by atoms with Crippen LogP contribution in [0.25, 0.3) is 0 Å². The minimum atomic E-state index is -0.852. The summed E-state index contributed by atoms with van der Waals surface area (Å²) < 4.78 is 5.40. The quantitative estimate of drug-likeness (QED) is 0.661. The van der Waals surface area contributed by atoms with Gasteiger partial charge in [-0.15, -0.1) is 11.7 Å². The summed E-state index contributed by atoms with van der Waals surface area (Å²) in [5.41, 5.74) is 1.33. The van der Waals surface area contributed by atoms with Crippen molar-refractivity contribution in [3.63, 3.8) is 0 Å². The van der Waals surface area contributed by atoms with Crippen molar-refractivity contribution >= 4 is 38.2 Å². The lowest BCUT2D eigenvalue weighted by Crippen LogP contribution is -2.36. The third-order valence-corrected chi connectivity index (χ3v) is 10.7. The number of benzene rings is 1. The van der Waals surface area contributed by atoms with Crippen molar-refractivity contribution in [3.8, 4) is 0 Å². The molecule has 3 rings (SSSR count).